The van der Waals surface area contributed by atoms with Crippen molar-refractivity contribution in [2.45, 2.75) is 94.7 Å². The number of fused-ring (bicyclic) bond motifs is 3. The molecule has 6 heterocycles. The Morgan fingerprint density at radius 2 is 1.83 bits per heavy atom. The van der Waals surface area contributed by atoms with E-state index in [1.807, 2.05) is 20.8 Å². The number of amides is 5. The summed E-state index contributed by atoms with van der Waals surface area (Å²) < 4.78 is 69.8. The molecule has 366 valence electrons. The summed E-state index contributed by atoms with van der Waals surface area (Å²) in [6.45, 7) is 6.98. The summed E-state index contributed by atoms with van der Waals surface area (Å²) in [4.78, 5) is 73.3. The van der Waals surface area contributed by atoms with Gasteiger partial charge in [0.05, 0.1) is 30.5 Å². The Bertz CT molecular complexity index is 2880. The van der Waals surface area contributed by atoms with E-state index in [0.29, 0.717) is 41.6 Å². The Morgan fingerprint density at radius 1 is 1.04 bits per heavy atom. The molecule has 70 heavy (non-hydrogen) atoms. The van der Waals surface area contributed by atoms with Gasteiger partial charge in [-0.05, 0) is 71.8 Å². The maximum Gasteiger partial charge on any atom is 0.433 e. The Hall–Kier alpha value is -6.55. The number of hydrogen-bond acceptors (Lipinski definition) is 10. The molecule has 3 saturated heterocycles. The second-order valence-corrected chi connectivity index (χ2v) is 19.8. The number of hydrogen-bond donors (Lipinski definition) is 4. The number of alkyl halides is 3. The number of nitrogens with one attached hydrogen (secondary N) is 4. The third-order valence-electron chi connectivity index (χ3n) is 13.9. The number of pyridine rings is 1. The third-order valence-corrected chi connectivity index (χ3v) is 14.2. The molecule has 0 aliphatic carbocycles. The van der Waals surface area contributed by atoms with Crippen LogP contribution >= 0.6 is 11.6 Å². The van der Waals surface area contributed by atoms with E-state index >= 15 is 4.39 Å². The molecule has 0 saturated carbocycles. The fourth-order valence-corrected chi connectivity index (χ4v) is 10.8. The molecule has 4 aromatic rings. The lowest BCUT2D eigenvalue weighted by molar-refractivity contribution is -0.141. The van der Waals surface area contributed by atoms with Crippen LogP contribution in [0.5, 0.6) is 5.75 Å². The van der Waals surface area contributed by atoms with Gasteiger partial charge in [-0.2, -0.15) is 13.2 Å². The van der Waals surface area contributed by atoms with Gasteiger partial charge in [-0.25, -0.2) is 4.39 Å². The molecule has 0 bridgehead atoms. The van der Waals surface area contributed by atoms with E-state index in [1.54, 1.807) is 35.2 Å². The molecule has 5 aliphatic rings. The van der Waals surface area contributed by atoms with Gasteiger partial charge in [0.15, 0.2) is 0 Å². The number of imide groups is 1. The van der Waals surface area contributed by atoms with Crippen LogP contribution in [-0.4, -0.2) is 102 Å². The molecule has 6 atom stereocenters. The van der Waals surface area contributed by atoms with Crippen molar-refractivity contribution in [2.24, 2.45) is 5.41 Å². The van der Waals surface area contributed by atoms with Crippen molar-refractivity contribution in [3.05, 3.63) is 117 Å². The van der Waals surface area contributed by atoms with Crippen molar-refractivity contribution in [1.29, 1.82) is 0 Å². The summed E-state index contributed by atoms with van der Waals surface area (Å²) in [6, 6.07) is 12.8. The van der Waals surface area contributed by atoms with Gasteiger partial charge >= 0.3 is 6.18 Å². The topological polar surface area (TPSA) is 171 Å². The maximum absolute atomic E-state index is 16.3. The smallest absolute Gasteiger partial charge is 0.433 e. The van der Waals surface area contributed by atoms with E-state index in [0.717, 1.165) is 6.07 Å². The van der Waals surface area contributed by atoms with Crippen LogP contribution in [0.4, 0.5) is 28.9 Å². The second kappa shape index (κ2) is 18.6. The summed E-state index contributed by atoms with van der Waals surface area (Å²) in [7, 11) is 1.39. The van der Waals surface area contributed by atoms with Crippen LogP contribution in [0.1, 0.15) is 101 Å². The lowest BCUT2D eigenvalue weighted by Crippen LogP contribution is -2.52. The van der Waals surface area contributed by atoms with Crippen molar-refractivity contribution in [1.82, 2.24) is 25.4 Å². The van der Waals surface area contributed by atoms with Crippen molar-refractivity contribution in [2.75, 3.05) is 44.0 Å². The molecule has 5 aliphatic heterocycles. The zero-order chi connectivity index (χ0) is 49.9. The van der Waals surface area contributed by atoms with E-state index in [1.165, 1.54) is 42.5 Å². The minimum absolute atomic E-state index is 0.0679. The van der Waals surface area contributed by atoms with Gasteiger partial charge in [0.2, 0.25) is 17.7 Å². The van der Waals surface area contributed by atoms with Gasteiger partial charge in [0.1, 0.15) is 29.4 Å². The summed E-state index contributed by atoms with van der Waals surface area (Å²) in [6.07, 6.45) is -2.87. The number of rotatable bonds is 7. The molecule has 19 heteroatoms. The molecule has 5 amide bonds. The van der Waals surface area contributed by atoms with E-state index in [4.69, 9.17) is 21.1 Å². The van der Waals surface area contributed by atoms with E-state index in [-0.39, 0.29) is 95.5 Å². The molecule has 1 unspecified atom stereocenters. The number of carbonyl (C=O) groups excluding carboxylic acids is 5. The first-order chi connectivity index (χ1) is 33.3. The molecule has 14 nitrogen and oxygen atoms in total. The first-order valence-corrected chi connectivity index (χ1v) is 23.3. The fraction of sp³-hybridized carbons (Fsp3) is 0.412. The number of halogens is 5. The van der Waals surface area contributed by atoms with Gasteiger partial charge in [0.25, 0.3) is 11.8 Å². The van der Waals surface area contributed by atoms with Crippen LogP contribution < -0.4 is 26.0 Å². The minimum atomic E-state index is -4.71. The van der Waals surface area contributed by atoms with Crippen LogP contribution in [0, 0.1) is 23.1 Å². The standard InChI is InChI=1S/C51H50ClF4N7O7/c1-49(2,3)23-40-50(26-58-36-22-39(51(54,55)56)57-24-33(36)50)42(31-9-6-10-34(52)43(31)53)44(60-40)46(66)59-35-14-12-28(21-38(35)69-4)47(67)62-18-17-29(70-20-19-62)13-11-27-7-5-8-30-32(27)25-63(48(30)68)37-15-16-41(64)61-45(37)65/h5-10,12,14,21-22,24,29,37,40,42,44,58,60H,15-20,23,25-26H2,1-4H3,(H,59,66)(H,61,64,65)/t29-,37?,40-,42-,44+,50-/m0/s1. The predicted octanol–water partition coefficient (Wildman–Crippen LogP) is 6.81. The van der Waals surface area contributed by atoms with Gasteiger partial charge in [-0.1, -0.05) is 62.4 Å². The molecular weight excluding hydrogens is 934 g/mol. The Kier molecular flexibility index (Phi) is 12.9. The van der Waals surface area contributed by atoms with Crippen LogP contribution in [0.15, 0.2) is 66.9 Å². The predicted molar refractivity (Wildman–Crippen MR) is 250 cm³/mol. The second-order valence-electron chi connectivity index (χ2n) is 19.4. The molecular formula is C51H50ClF4N7O7. The summed E-state index contributed by atoms with van der Waals surface area (Å²) in [5, 5.41) is 11.7. The van der Waals surface area contributed by atoms with Gasteiger partial charge < -0.3 is 35.2 Å². The highest BCUT2D eigenvalue weighted by Gasteiger charge is 2.62. The average Bonchev–Trinajstić information content (AvgIpc) is 3.89. The summed E-state index contributed by atoms with van der Waals surface area (Å²) >= 11 is 6.36. The Labute approximate surface area is 406 Å². The molecule has 3 fully saturated rings. The average molecular weight is 984 g/mol. The number of aromatic nitrogens is 1. The van der Waals surface area contributed by atoms with Crippen molar-refractivity contribution in [3.63, 3.8) is 0 Å². The molecule has 9 rings (SSSR count). The highest BCUT2D eigenvalue weighted by atomic mass is 35.5. The quantitative estimate of drug-likeness (QED) is 0.0877. The van der Waals surface area contributed by atoms with E-state index < -0.39 is 65.1 Å². The van der Waals surface area contributed by atoms with E-state index in [9.17, 15) is 37.1 Å². The minimum Gasteiger partial charge on any atom is -0.495 e. The highest BCUT2D eigenvalue weighted by Crippen LogP contribution is 2.57. The van der Waals surface area contributed by atoms with Gasteiger partial charge in [-0.3, -0.25) is 34.3 Å². The van der Waals surface area contributed by atoms with Gasteiger partial charge in [-0.15, -0.1) is 0 Å². The number of benzene rings is 3. The zero-order valence-corrected chi connectivity index (χ0v) is 39.4. The number of carbonyl (C=O) groups is 5. The molecule has 3 aromatic carbocycles. The number of anilines is 2. The van der Waals surface area contributed by atoms with Crippen molar-refractivity contribution < 1.29 is 51.0 Å². The molecule has 1 spiro atoms. The monoisotopic (exact) mass is 983 g/mol. The SMILES string of the molecule is COc1cc(C(=O)N2CCO[C@@H](C#Cc3cccc4c3CN(C3CCC(=O)NC3=O)C4=O)CC2)ccc1NC(=O)[C@@H]1N[C@@H](CC(C)(C)C)[C@@]2(CNc3cc(C(F)(F)F)ncc32)[C@H]1c1cccc(Cl)c1F. The fourth-order valence-electron chi connectivity index (χ4n) is 10.6. The number of nitrogens with zero attached hydrogens (tertiary/aromatic N) is 3. The molecule has 0 radical (unpaired) electrons. The van der Waals surface area contributed by atoms with Crippen LogP contribution in [0.25, 0.3) is 0 Å². The Balaban J connectivity index is 0.925. The maximum atomic E-state index is 16.3. The van der Waals surface area contributed by atoms with Crippen LogP contribution in [-0.2, 0) is 37.3 Å². The normalized spacial score (nSPS) is 24.3. The lowest BCUT2D eigenvalue weighted by Gasteiger charge is -2.39. The zero-order valence-electron chi connectivity index (χ0n) is 38.7. The summed E-state index contributed by atoms with van der Waals surface area (Å²) in [5.74, 6) is 2.66. The number of ether oxygens (including phenoxy) is 2. The van der Waals surface area contributed by atoms with Crippen LogP contribution in [0.2, 0.25) is 5.02 Å². The largest absolute Gasteiger partial charge is 0.495 e. The first kappa shape index (κ1) is 48.5. The van der Waals surface area contributed by atoms with Crippen LogP contribution in [0.3, 0.4) is 0 Å². The van der Waals surface area contributed by atoms with Gasteiger partial charge in [0, 0.05) is 90.5 Å². The molecule has 4 N–H and O–H groups in total. The van der Waals surface area contributed by atoms with Crippen molar-refractivity contribution in [3.8, 4) is 17.6 Å². The number of methoxy groups -OCH3 is 1. The summed E-state index contributed by atoms with van der Waals surface area (Å²) in [5.41, 5.74) is 0.327. The van der Waals surface area contributed by atoms with E-state index in [2.05, 4.69) is 38.1 Å². The molecule has 1 aromatic heterocycles. The highest BCUT2D eigenvalue weighted by molar-refractivity contribution is 6.30. The lowest BCUT2D eigenvalue weighted by atomic mass is 9.63. The van der Waals surface area contributed by atoms with Crippen molar-refractivity contribution >= 4 is 52.5 Å². The third kappa shape index (κ3) is 9.06. The first-order valence-electron chi connectivity index (χ1n) is 23.0. The number of piperidine rings is 1. The Morgan fingerprint density at radius 3 is 2.57 bits per heavy atom.